The molecule has 1 aromatic carbocycles. The van der Waals surface area contributed by atoms with Crippen LogP contribution in [0.5, 0.6) is 5.75 Å². The maximum atomic E-state index is 14.7. The summed E-state index contributed by atoms with van der Waals surface area (Å²) in [5, 5.41) is 2.89. The first kappa shape index (κ1) is 25.7. The molecular weight excluding hydrogens is 413 g/mol. The molecule has 7 heteroatoms. The van der Waals surface area contributed by atoms with Gasteiger partial charge in [-0.3, -0.25) is 0 Å². The van der Waals surface area contributed by atoms with Crippen molar-refractivity contribution in [2.75, 3.05) is 13.2 Å². The Balaban J connectivity index is 1.91. The first-order valence-electron chi connectivity index (χ1n) is 11.1. The fourth-order valence-electron chi connectivity index (χ4n) is 3.26. The van der Waals surface area contributed by atoms with Crippen LogP contribution in [0.3, 0.4) is 0 Å². The summed E-state index contributed by atoms with van der Waals surface area (Å²) in [6.07, 6.45) is 1.00. The van der Waals surface area contributed by atoms with Crippen molar-refractivity contribution in [1.82, 2.24) is 5.32 Å². The smallest absolute Gasteiger partial charge is 0.407 e. The third-order valence-corrected chi connectivity index (χ3v) is 10.5. The van der Waals surface area contributed by atoms with Crippen molar-refractivity contribution < 1.29 is 23.1 Å². The van der Waals surface area contributed by atoms with Crippen LogP contribution in [0.4, 0.5) is 9.18 Å². The highest BCUT2D eigenvalue weighted by atomic mass is 28.4. The average molecular weight is 454 g/mol. The fraction of sp³-hybridized carbons (Fsp3) is 0.708. The first-order chi connectivity index (χ1) is 14.1. The number of hydrogen-bond donors (Lipinski definition) is 1. The molecule has 1 unspecified atom stereocenters. The van der Waals surface area contributed by atoms with E-state index < -0.39 is 20.0 Å². The van der Waals surface area contributed by atoms with Crippen LogP contribution in [0, 0.1) is 11.7 Å². The van der Waals surface area contributed by atoms with Gasteiger partial charge in [0.05, 0.1) is 6.04 Å². The Hall–Kier alpha value is -1.60. The van der Waals surface area contributed by atoms with E-state index in [1.165, 1.54) is 6.07 Å². The Bertz CT molecular complexity index is 783. The van der Waals surface area contributed by atoms with E-state index in [0.717, 1.165) is 17.5 Å². The second-order valence-electron chi connectivity index (χ2n) is 11.2. The number of fused-ring (bicyclic) bond motifs is 1. The number of hydrogen-bond acceptors (Lipinski definition) is 4. The van der Waals surface area contributed by atoms with Crippen LogP contribution in [-0.4, -0.2) is 39.3 Å². The van der Waals surface area contributed by atoms with Gasteiger partial charge in [0.25, 0.3) is 0 Å². The second-order valence-corrected chi connectivity index (χ2v) is 16.1. The molecule has 0 aliphatic heterocycles. The predicted octanol–water partition coefficient (Wildman–Crippen LogP) is 5.85. The van der Waals surface area contributed by atoms with E-state index in [2.05, 4.69) is 39.2 Å². The van der Waals surface area contributed by atoms with Crippen molar-refractivity contribution in [2.45, 2.75) is 91.1 Å². The molecule has 31 heavy (non-hydrogen) atoms. The lowest BCUT2D eigenvalue weighted by atomic mass is 10.1. The van der Waals surface area contributed by atoms with Crippen LogP contribution in [0.1, 0.15) is 59.6 Å². The van der Waals surface area contributed by atoms with E-state index in [9.17, 15) is 9.18 Å². The van der Waals surface area contributed by atoms with Gasteiger partial charge >= 0.3 is 6.09 Å². The minimum Gasteiger partial charge on any atom is -0.491 e. The summed E-state index contributed by atoms with van der Waals surface area (Å²) in [4.78, 5) is 11.9. The maximum Gasteiger partial charge on any atom is 0.407 e. The summed E-state index contributed by atoms with van der Waals surface area (Å²) in [7, 11) is -1.82. The molecule has 1 aliphatic rings. The minimum atomic E-state index is -1.82. The summed E-state index contributed by atoms with van der Waals surface area (Å²) < 4.78 is 32.1. The third-order valence-electron chi connectivity index (χ3n) is 6.01. The molecule has 0 saturated heterocycles. The third kappa shape index (κ3) is 7.49. The van der Waals surface area contributed by atoms with Crippen LogP contribution in [-0.2, 0) is 22.0 Å². The first-order valence-corrected chi connectivity index (χ1v) is 14.1. The molecule has 1 amide bonds. The standard InChI is InChI=1S/C24H40FNO4Si/c1-16(26-22(27)30-23(2,3)4)14-28-19-12-18-10-17(11-20(18)21(25)13-19)15-29-31(8,9)24(5,6)7/h12-13,16-17H,10-11,14-15H2,1-9H3,(H,26,27)/t16-,17?/m0/s1. The molecule has 2 rings (SSSR count). The number of rotatable bonds is 7. The molecule has 1 N–H and O–H groups in total. The lowest BCUT2D eigenvalue weighted by molar-refractivity contribution is 0.0494. The Morgan fingerprint density at radius 2 is 1.84 bits per heavy atom. The van der Waals surface area contributed by atoms with Gasteiger partial charge < -0.3 is 19.2 Å². The molecule has 0 aromatic heterocycles. The van der Waals surface area contributed by atoms with Gasteiger partial charge in [-0.1, -0.05) is 20.8 Å². The zero-order valence-corrected chi connectivity index (χ0v) is 21.6. The van der Waals surface area contributed by atoms with Crippen LogP contribution in [0.25, 0.3) is 0 Å². The number of carbonyl (C=O) groups is 1. The normalized spacial score (nSPS) is 17.8. The zero-order valence-electron chi connectivity index (χ0n) is 20.6. The zero-order chi connectivity index (χ0) is 23.6. The molecule has 0 heterocycles. The molecule has 0 radical (unpaired) electrons. The average Bonchev–Trinajstić information content (AvgIpc) is 2.99. The molecule has 1 aromatic rings. The van der Waals surface area contributed by atoms with Crippen LogP contribution < -0.4 is 10.1 Å². The minimum absolute atomic E-state index is 0.161. The molecule has 1 aliphatic carbocycles. The number of alkyl carbamates (subject to hydrolysis) is 1. The summed E-state index contributed by atoms with van der Waals surface area (Å²) in [5.41, 5.74) is 1.21. The molecular formula is C24H40FNO4Si. The number of benzene rings is 1. The van der Waals surface area contributed by atoms with Gasteiger partial charge in [-0.25, -0.2) is 9.18 Å². The molecule has 0 saturated carbocycles. The Morgan fingerprint density at radius 3 is 2.42 bits per heavy atom. The van der Waals surface area contributed by atoms with E-state index in [0.29, 0.717) is 24.7 Å². The SMILES string of the molecule is C[C@@H](COc1cc(F)c2c(c1)CC(CO[Si](C)(C)C(C)(C)C)C2)NC(=O)OC(C)(C)C. The number of carbonyl (C=O) groups excluding carboxylic acids is 1. The molecule has 0 bridgehead atoms. The van der Waals surface area contributed by atoms with E-state index >= 15 is 0 Å². The largest absolute Gasteiger partial charge is 0.491 e. The van der Waals surface area contributed by atoms with E-state index in [1.54, 1.807) is 0 Å². The van der Waals surface area contributed by atoms with Gasteiger partial charge in [-0.15, -0.1) is 0 Å². The summed E-state index contributed by atoms with van der Waals surface area (Å²) in [6.45, 7) is 19.3. The van der Waals surface area contributed by atoms with Gasteiger partial charge in [0.1, 0.15) is 23.8 Å². The Kier molecular flexibility index (Phi) is 7.85. The highest BCUT2D eigenvalue weighted by Crippen LogP contribution is 2.38. The summed E-state index contributed by atoms with van der Waals surface area (Å²) >= 11 is 0. The molecule has 2 atom stereocenters. The molecule has 176 valence electrons. The monoisotopic (exact) mass is 453 g/mol. The lowest BCUT2D eigenvalue weighted by Crippen LogP contribution is -2.42. The van der Waals surface area contributed by atoms with Crippen LogP contribution in [0.2, 0.25) is 18.1 Å². The fourth-order valence-corrected chi connectivity index (χ4v) is 4.35. The second kappa shape index (κ2) is 9.49. The molecule has 5 nitrogen and oxygen atoms in total. The number of halogens is 1. The predicted molar refractivity (Wildman–Crippen MR) is 125 cm³/mol. The van der Waals surface area contributed by atoms with Gasteiger partial charge in [0.2, 0.25) is 0 Å². The topological polar surface area (TPSA) is 56.8 Å². The van der Waals surface area contributed by atoms with Gasteiger partial charge in [-0.05, 0) is 81.8 Å². The van der Waals surface area contributed by atoms with Gasteiger partial charge in [0, 0.05) is 12.7 Å². The number of ether oxygens (including phenoxy) is 2. The quantitative estimate of drug-likeness (QED) is 0.526. The van der Waals surface area contributed by atoms with Crippen molar-refractivity contribution in [3.05, 3.63) is 29.1 Å². The number of amides is 1. The summed E-state index contributed by atoms with van der Waals surface area (Å²) in [5.74, 6) is 0.553. The van der Waals surface area contributed by atoms with Crippen molar-refractivity contribution in [3.63, 3.8) is 0 Å². The lowest BCUT2D eigenvalue weighted by Gasteiger charge is -2.37. The highest BCUT2D eigenvalue weighted by molar-refractivity contribution is 6.74. The van der Waals surface area contributed by atoms with Crippen molar-refractivity contribution >= 4 is 14.4 Å². The maximum absolute atomic E-state index is 14.7. The molecule has 0 fully saturated rings. The van der Waals surface area contributed by atoms with Crippen molar-refractivity contribution in [1.29, 1.82) is 0 Å². The van der Waals surface area contributed by atoms with E-state index in [-0.39, 0.29) is 23.5 Å². The van der Waals surface area contributed by atoms with Gasteiger partial charge in [0.15, 0.2) is 8.32 Å². The van der Waals surface area contributed by atoms with E-state index in [4.69, 9.17) is 13.9 Å². The van der Waals surface area contributed by atoms with Crippen molar-refractivity contribution in [2.24, 2.45) is 5.92 Å². The highest BCUT2D eigenvalue weighted by Gasteiger charge is 2.38. The Labute approximate surface area is 188 Å². The van der Waals surface area contributed by atoms with Crippen molar-refractivity contribution in [3.8, 4) is 5.75 Å². The molecule has 0 spiro atoms. The van der Waals surface area contributed by atoms with Crippen LogP contribution >= 0.6 is 0 Å². The van der Waals surface area contributed by atoms with E-state index in [1.807, 2.05) is 33.8 Å². The Morgan fingerprint density at radius 1 is 1.19 bits per heavy atom. The van der Waals surface area contributed by atoms with Gasteiger partial charge in [-0.2, -0.15) is 0 Å². The number of nitrogens with one attached hydrogen (secondary N) is 1. The van der Waals surface area contributed by atoms with Crippen LogP contribution in [0.15, 0.2) is 12.1 Å². The summed E-state index contributed by atoms with van der Waals surface area (Å²) in [6, 6.07) is 3.10.